The number of hydrogen-bond donors (Lipinski definition) is 2. The lowest BCUT2D eigenvalue weighted by atomic mass is 10.7. The second-order valence-electron chi connectivity index (χ2n) is 1.47. The second kappa shape index (κ2) is 2.00. The average Bonchev–Trinajstić information content (AvgIpc) is 1.56. The topological polar surface area (TPSA) is 58.2 Å². The Morgan fingerprint density at radius 3 is 2.75 bits per heavy atom. The Morgan fingerprint density at radius 2 is 2.38 bits per heavy atom. The molecule has 0 amide bonds. The van der Waals surface area contributed by atoms with Crippen LogP contribution >= 0.6 is 0 Å². The number of nitrogens with one attached hydrogen (secondary N) is 2. The van der Waals surface area contributed by atoms with E-state index in [4.69, 9.17) is 2.74 Å². The van der Waals surface area contributed by atoms with Gasteiger partial charge in [-0.3, -0.25) is 0 Å². The van der Waals surface area contributed by atoms with Crippen LogP contribution in [0.1, 0.15) is 2.74 Å². The summed E-state index contributed by atoms with van der Waals surface area (Å²) in [5.41, 5.74) is 0. The van der Waals surface area contributed by atoms with Crippen LogP contribution in [-0.4, -0.2) is 27.3 Å². The highest BCUT2D eigenvalue weighted by Crippen LogP contribution is 1.84. The molecular weight excluding hydrogens is 128 g/mol. The molecule has 1 saturated heterocycles. The Morgan fingerprint density at radius 1 is 1.62 bits per heavy atom. The van der Waals surface area contributed by atoms with Crippen molar-refractivity contribution in [2.75, 3.05) is 18.9 Å². The molecule has 0 aromatic carbocycles. The Labute approximate surface area is 51.1 Å². The van der Waals surface area contributed by atoms with Gasteiger partial charge in [-0.15, -0.1) is 0 Å². The Hall–Kier alpha value is -0.130. The first-order valence-corrected chi connectivity index (χ1v) is 3.83. The summed E-state index contributed by atoms with van der Waals surface area (Å²) >= 11 is 0. The van der Waals surface area contributed by atoms with Crippen LogP contribution in [0.5, 0.6) is 0 Å². The minimum Gasteiger partial charge on any atom is -0.303 e. The van der Waals surface area contributed by atoms with Gasteiger partial charge in [0.05, 0.1) is 15.1 Å². The molecule has 1 rings (SSSR count). The highest BCUT2D eigenvalue weighted by molar-refractivity contribution is 7.89. The van der Waals surface area contributed by atoms with Gasteiger partial charge >= 0.3 is 0 Å². The monoisotopic (exact) mass is 138 g/mol. The summed E-state index contributed by atoms with van der Waals surface area (Å²) in [6.07, 6.45) is 0. The summed E-state index contributed by atoms with van der Waals surface area (Å²) in [4.78, 5) is 0. The maximum absolute atomic E-state index is 10.7. The molecule has 1 fully saturated rings. The zero-order chi connectivity index (χ0) is 7.83. The van der Waals surface area contributed by atoms with E-state index in [9.17, 15) is 8.42 Å². The van der Waals surface area contributed by atoms with Gasteiger partial charge in [-0.05, 0) is 0 Å². The first-order valence-electron chi connectivity index (χ1n) is 3.18. The van der Waals surface area contributed by atoms with Crippen molar-refractivity contribution in [3.05, 3.63) is 0 Å². The van der Waals surface area contributed by atoms with Gasteiger partial charge in [0.25, 0.3) is 0 Å². The van der Waals surface area contributed by atoms with Crippen LogP contribution in [-0.2, 0) is 10.0 Å². The van der Waals surface area contributed by atoms with Crippen LogP contribution in [0, 0.1) is 0 Å². The van der Waals surface area contributed by atoms with Crippen LogP contribution in [0.25, 0.3) is 0 Å². The molecule has 1 heterocycles. The van der Waals surface area contributed by atoms with Crippen molar-refractivity contribution in [2.45, 2.75) is 0 Å². The Bertz CT molecular complexity index is 225. The highest BCUT2D eigenvalue weighted by atomic mass is 32.2. The molecule has 0 aliphatic carbocycles. The summed E-state index contributed by atoms with van der Waals surface area (Å²) in [5, 5.41) is 2.36. The normalized spacial score (nSPS) is 37.5. The van der Waals surface area contributed by atoms with Crippen molar-refractivity contribution in [3.63, 3.8) is 0 Å². The summed E-state index contributed by atoms with van der Waals surface area (Å²) in [6, 6.07) is 0. The van der Waals surface area contributed by atoms with E-state index in [1.54, 1.807) is 0 Å². The van der Waals surface area contributed by atoms with Crippen LogP contribution < -0.4 is 10.0 Å². The molecule has 1 aliphatic heterocycles. The van der Waals surface area contributed by atoms with E-state index in [-0.39, 0.29) is 12.3 Å². The van der Waals surface area contributed by atoms with E-state index in [1.807, 2.05) is 4.72 Å². The van der Waals surface area contributed by atoms with Crippen molar-refractivity contribution >= 4 is 10.0 Å². The molecule has 0 radical (unpaired) electrons. The maximum Gasteiger partial charge on any atom is 0.213 e. The fraction of sp³-hybridized carbons (Fsp3) is 1.00. The standard InChI is InChI=1S/C3H8N2O2S/c6-8(7)2-1-4-3-5-8/h4-5H,1-3H2/i3D2. The minimum absolute atomic E-state index is 0.0630. The zero-order valence-electron chi connectivity index (χ0n) is 6.14. The maximum atomic E-state index is 10.7. The third-order valence-corrected chi connectivity index (χ3v) is 1.95. The molecule has 0 aromatic heterocycles. The third kappa shape index (κ3) is 1.43. The zero-order valence-corrected chi connectivity index (χ0v) is 4.96. The van der Waals surface area contributed by atoms with Gasteiger partial charge < -0.3 is 5.32 Å². The summed E-state index contributed by atoms with van der Waals surface area (Å²) in [7, 11) is -3.38. The number of sulfonamides is 1. The van der Waals surface area contributed by atoms with E-state index in [0.29, 0.717) is 0 Å². The predicted molar refractivity (Wildman–Crippen MR) is 29.8 cm³/mol. The van der Waals surface area contributed by atoms with Gasteiger partial charge in [0, 0.05) is 6.54 Å². The lowest BCUT2D eigenvalue weighted by Gasteiger charge is -2.12. The average molecular weight is 138 g/mol. The molecular formula is C3H8N2O2S. The first-order chi connectivity index (χ1) is 4.41. The van der Waals surface area contributed by atoms with Crippen molar-refractivity contribution in [1.29, 1.82) is 0 Å². The Balaban J connectivity index is 2.75. The van der Waals surface area contributed by atoms with Gasteiger partial charge in [-0.1, -0.05) is 0 Å². The third-order valence-electron chi connectivity index (χ3n) is 0.791. The lowest BCUT2D eigenvalue weighted by molar-refractivity contribution is 0.551. The molecule has 0 spiro atoms. The molecule has 0 saturated carbocycles. The Kier molecular flexibility index (Phi) is 0.955. The van der Waals surface area contributed by atoms with E-state index in [1.165, 1.54) is 0 Å². The number of rotatable bonds is 0. The fourth-order valence-electron chi connectivity index (χ4n) is 0.413. The van der Waals surface area contributed by atoms with E-state index in [2.05, 4.69) is 5.32 Å². The summed E-state index contributed by atoms with van der Waals surface area (Å²) in [6.45, 7) is -1.82. The van der Waals surface area contributed by atoms with Crippen molar-refractivity contribution < 1.29 is 11.2 Å². The minimum atomic E-state index is -3.38. The SMILES string of the molecule is [2H]C1([2H])NCCS(=O)(=O)N1. The fourth-order valence-corrected chi connectivity index (χ4v) is 1.11. The van der Waals surface area contributed by atoms with Crippen LogP contribution in [0.15, 0.2) is 0 Å². The molecule has 5 heteroatoms. The highest BCUT2D eigenvalue weighted by Gasteiger charge is 2.12. The van der Waals surface area contributed by atoms with Crippen LogP contribution in [0.4, 0.5) is 0 Å². The predicted octanol–water partition coefficient (Wildman–Crippen LogP) is -1.53. The van der Waals surface area contributed by atoms with Crippen LogP contribution in [0.3, 0.4) is 0 Å². The molecule has 48 valence electrons. The summed E-state index contributed by atoms with van der Waals surface area (Å²) in [5.74, 6) is -0.0630. The van der Waals surface area contributed by atoms with Gasteiger partial charge in [-0.2, -0.15) is 0 Å². The molecule has 0 aromatic rings. The van der Waals surface area contributed by atoms with Crippen molar-refractivity contribution in [2.24, 2.45) is 0 Å². The summed E-state index contributed by atoms with van der Waals surface area (Å²) < 4.78 is 37.1. The van der Waals surface area contributed by atoms with Gasteiger partial charge in [0.15, 0.2) is 0 Å². The van der Waals surface area contributed by atoms with Gasteiger partial charge in [0.1, 0.15) is 0 Å². The van der Waals surface area contributed by atoms with E-state index < -0.39 is 16.6 Å². The second-order valence-corrected chi connectivity index (χ2v) is 3.31. The van der Waals surface area contributed by atoms with Crippen LogP contribution in [0.2, 0.25) is 0 Å². The molecule has 0 unspecified atom stereocenters. The van der Waals surface area contributed by atoms with Crippen molar-refractivity contribution in [3.8, 4) is 0 Å². The van der Waals surface area contributed by atoms with E-state index in [0.717, 1.165) is 0 Å². The van der Waals surface area contributed by atoms with E-state index >= 15 is 0 Å². The van der Waals surface area contributed by atoms with Gasteiger partial charge in [0.2, 0.25) is 10.0 Å². The number of hydrogen-bond acceptors (Lipinski definition) is 3. The molecule has 4 nitrogen and oxygen atoms in total. The molecule has 8 heavy (non-hydrogen) atoms. The molecule has 1 aliphatic rings. The molecule has 0 bridgehead atoms. The smallest absolute Gasteiger partial charge is 0.213 e. The molecule has 0 atom stereocenters. The van der Waals surface area contributed by atoms with Crippen molar-refractivity contribution in [1.82, 2.24) is 10.0 Å². The molecule has 2 N–H and O–H groups in total. The quantitative estimate of drug-likeness (QED) is 0.427. The van der Waals surface area contributed by atoms with Gasteiger partial charge in [-0.25, -0.2) is 13.1 Å². The largest absolute Gasteiger partial charge is 0.303 e. The lowest BCUT2D eigenvalue weighted by Crippen LogP contribution is -2.44. The first kappa shape index (κ1) is 3.81.